The summed E-state index contributed by atoms with van der Waals surface area (Å²) in [6.45, 7) is 10.0. The second kappa shape index (κ2) is 12.7. The fraction of sp³-hybridized carbons (Fsp3) is 0.652. The van der Waals surface area contributed by atoms with E-state index < -0.39 is 12.0 Å². The molecule has 1 saturated heterocycles. The molecular formula is C23H37N2NaO3. The minimum absolute atomic E-state index is 0. The molecule has 1 aliphatic rings. The van der Waals surface area contributed by atoms with E-state index in [0.717, 1.165) is 37.9 Å². The van der Waals surface area contributed by atoms with Crippen molar-refractivity contribution in [2.45, 2.75) is 77.8 Å². The van der Waals surface area contributed by atoms with E-state index >= 15 is 0 Å². The number of carboxylic acid groups (broad SMARTS) is 1. The van der Waals surface area contributed by atoms with Crippen LogP contribution in [0.15, 0.2) is 24.3 Å². The van der Waals surface area contributed by atoms with Crippen LogP contribution in [0.25, 0.3) is 0 Å². The van der Waals surface area contributed by atoms with Gasteiger partial charge in [0.05, 0.1) is 5.92 Å². The third-order valence-corrected chi connectivity index (χ3v) is 5.74. The van der Waals surface area contributed by atoms with Crippen LogP contribution < -0.4 is 5.32 Å². The molecule has 2 rings (SSSR count). The van der Waals surface area contributed by atoms with E-state index in [0.29, 0.717) is 12.3 Å². The molecule has 0 bridgehead atoms. The molecule has 0 saturated carbocycles. The fourth-order valence-corrected chi connectivity index (χ4v) is 4.12. The molecule has 29 heavy (non-hydrogen) atoms. The number of aliphatic carboxylic acids is 1. The van der Waals surface area contributed by atoms with E-state index in [4.69, 9.17) is 0 Å². The number of likely N-dealkylation sites (tertiary alicyclic amines) is 1. The van der Waals surface area contributed by atoms with Crippen LogP contribution in [0.3, 0.4) is 0 Å². The number of carbonyl (C=O) groups is 2. The normalized spacial score (nSPS) is 17.8. The predicted octanol–water partition coefficient (Wildman–Crippen LogP) is 3.17. The van der Waals surface area contributed by atoms with Crippen LogP contribution in [0.5, 0.6) is 0 Å². The molecule has 1 heterocycles. The number of rotatable bonds is 9. The number of carbonyl (C=O) groups excluding carboxylic acids is 1. The van der Waals surface area contributed by atoms with Crippen molar-refractivity contribution < 1.29 is 14.7 Å². The van der Waals surface area contributed by atoms with Crippen molar-refractivity contribution >= 4 is 41.4 Å². The van der Waals surface area contributed by atoms with Crippen LogP contribution in [-0.4, -0.2) is 76.6 Å². The molecular weight excluding hydrogens is 375 g/mol. The van der Waals surface area contributed by atoms with Crippen molar-refractivity contribution in [1.29, 1.82) is 0 Å². The first-order valence-corrected chi connectivity index (χ1v) is 10.7. The van der Waals surface area contributed by atoms with Gasteiger partial charge in [-0.25, -0.2) is 4.79 Å². The van der Waals surface area contributed by atoms with Crippen molar-refractivity contribution in [1.82, 2.24) is 10.2 Å². The molecule has 3 atom stereocenters. The molecule has 1 fully saturated rings. The van der Waals surface area contributed by atoms with Gasteiger partial charge in [-0.1, -0.05) is 51.5 Å². The molecule has 0 spiro atoms. The summed E-state index contributed by atoms with van der Waals surface area (Å²) in [5, 5.41) is 12.6. The van der Waals surface area contributed by atoms with Gasteiger partial charge in [0.15, 0.2) is 0 Å². The van der Waals surface area contributed by atoms with Crippen molar-refractivity contribution in [3.05, 3.63) is 35.4 Å². The van der Waals surface area contributed by atoms with Gasteiger partial charge in [0, 0.05) is 6.04 Å². The summed E-state index contributed by atoms with van der Waals surface area (Å²) in [6, 6.07) is 7.06. The Morgan fingerprint density at radius 1 is 1.07 bits per heavy atom. The average Bonchev–Trinajstić information content (AvgIpc) is 2.68. The standard InChI is InChI=1S/C23H36N2O3.Na.H/c1-5-20(25-13-7-6-8-14-25)21(23(27)28)24-22(26)17(4)19-11-9-18(10-12-19)15-16(2)3;;/h9-12,16-17,20-21H,5-8,13-15H2,1-4H3,(H,24,26)(H,27,28);;. The number of hydrogen-bond acceptors (Lipinski definition) is 3. The maximum atomic E-state index is 12.8. The van der Waals surface area contributed by atoms with E-state index in [-0.39, 0.29) is 47.4 Å². The third-order valence-electron chi connectivity index (χ3n) is 5.74. The van der Waals surface area contributed by atoms with Gasteiger partial charge in [-0.2, -0.15) is 0 Å². The van der Waals surface area contributed by atoms with E-state index in [2.05, 4.69) is 36.2 Å². The van der Waals surface area contributed by atoms with Crippen molar-refractivity contribution in [2.75, 3.05) is 13.1 Å². The van der Waals surface area contributed by atoms with Crippen molar-refractivity contribution in [3.63, 3.8) is 0 Å². The molecule has 158 valence electrons. The van der Waals surface area contributed by atoms with Gasteiger partial charge in [0.1, 0.15) is 6.04 Å². The van der Waals surface area contributed by atoms with Crippen LogP contribution >= 0.6 is 0 Å². The molecule has 5 nitrogen and oxygen atoms in total. The third kappa shape index (κ3) is 7.71. The molecule has 2 N–H and O–H groups in total. The van der Waals surface area contributed by atoms with Crippen molar-refractivity contribution in [2.24, 2.45) is 5.92 Å². The number of nitrogens with one attached hydrogen (secondary N) is 1. The van der Waals surface area contributed by atoms with E-state index in [1.54, 1.807) is 0 Å². The topological polar surface area (TPSA) is 69.6 Å². The number of carboxylic acids is 1. The zero-order valence-electron chi connectivity index (χ0n) is 17.8. The van der Waals surface area contributed by atoms with Gasteiger partial charge in [0.2, 0.25) is 5.91 Å². The monoisotopic (exact) mass is 412 g/mol. The second-order valence-corrected chi connectivity index (χ2v) is 8.46. The number of benzene rings is 1. The van der Waals surface area contributed by atoms with E-state index in [9.17, 15) is 14.7 Å². The Hall–Kier alpha value is -0.880. The summed E-state index contributed by atoms with van der Waals surface area (Å²) < 4.78 is 0. The summed E-state index contributed by atoms with van der Waals surface area (Å²) in [7, 11) is 0. The molecule has 1 amide bonds. The van der Waals surface area contributed by atoms with Crippen LogP contribution in [0, 0.1) is 5.92 Å². The summed E-state index contributed by atoms with van der Waals surface area (Å²) in [6.07, 6.45) is 5.10. The number of nitrogens with zero attached hydrogens (tertiary/aromatic N) is 1. The average molecular weight is 413 g/mol. The Balaban J connectivity index is 0.00000420. The quantitative estimate of drug-likeness (QED) is 0.611. The molecule has 3 unspecified atom stereocenters. The first kappa shape index (κ1) is 26.2. The minimum atomic E-state index is -0.953. The van der Waals surface area contributed by atoms with E-state index in [1.165, 1.54) is 12.0 Å². The van der Waals surface area contributed by atoms with Gasteiger partial charge in [0.25, 0.3) is 0 Å². The zero-order chi connectivity index (χ0) is 20.7. The molecule has 0 aliphatic carbocycles. The Morgan fingerprint density at radius 3 is 2.14 bits per heavy atom. The van der Waals surface area contributed by atoms with Gasteiger partial charge >= 0.3 is 35.5 Å². The fourth-order valence-electron chi connectivity index (χ4n) is 4.12. The first-order chi connectivity index (χ1) is 13.3. The first-order valence-electron chi connectivity index (χ1n) is 10.7. The Morgan fingerprint density at radius 2 is 1.66 bits per heavy atom. The Kier molecular flexibility index (Phi) is 11.5. The summed E-state index contributed by atoms with van der Waals surface area (Å²) in [5.74, 6) is -0.970. The van der Waals surface area contributed by atoms with Gasteiger partial charge in [-0.3, -0.25) is 9.69 Å². The number of amides is 1. The molecule has 6 heteroatoms. The number of piperidine rings is 1. The van der Waals surface area contributed by atoms with Gasteiger partial charge in [-0.05, 0) is 62.7 Å². The summed E-state index contributed by atoms with van der Waals surface area (Å²) in [4.78, 5) is 27.0. The summed E-state index contributed by atoms with van der Waals surface area (Å²) in [5.41, 5.74) is 2.17. The van der Waals surface area contributed by atoms with Gasteiger partial charge < -0.3 is 10.4 Å². The van der Waals surface area contributed by atoms with Crippen molar-refractivity contribution in [3.8, 4) is 0 Å². The number of hydrogen-bond donors (Lipinski definition) is 2. The predicted molar refractivity (Wildman–Crippen MR) is 120 cm³/mol. The Bertz CT molecular complexity index is 642. The van der Waals surface area contributed by atoms with Crippen LogP contribution in [-0.2, 0) is 16.0 Å². The molecule has 0 radical (unpaired) electrons. The molecule has 1 aromatic rings. The molecule has 0 aromatic heterocycles. The Labute approximate surface area is 197 Å². The van der Waals surface area contributed by atoms with Gasteiger partial charge in [-0.15, -0.1) is 0 Å². The molecule has 1 aromatic carbocycles. The van der Waals surface area contributed by atoms with E-state index in [1.807, 2.05) is 26.0 Å². The van der Waals surface area contributed by atoms with Crippen LogP contribution in [0.2, 0.25) is 0 Å². The van der Waals surface area contributed by atoms with Crippen LogP contribution in [0.4, 0.5) is 0 Å². The maximum absolute atomic E-state index is 12.8. The SMILES string of the molecule is CCC(C(NC(=O)C(C)c1ccc(CC(C)C)cc1)C(=O)O)N1CCCCC1.[NaH]. The second-order valence-electron chi connectivity index (χ2n) is 8.46. The molecule has 1 aliphatic heterocycles. The summed E-state index contributed by atoms with van der Waals surface area (Å²) >= 11 is 0. The zero-order valence-corrected chi connectivity index (χ0v) is 17.8. The van der Waals surface area contributed by atoms with Crippen LogP contribution in [0.1, 0.15) is 70.4 Å².